The Hall–Kier alpha value is -1.51. The Kier molecular flexibility index (Phi) is 5.89. The molecule has 0 heterocycles. The van der Waals surface area contributed by atoms with E-state index in [-0.39, 0.29) is 29.3 Å². The van der Waals surface area contributed by atoms with Gasteiger partial charge in [0.1, 0.15) is 5.75 Å². The van der Waals surface area contributed by atoms with Gasteiger partial charge in [-0.05, 0) is 30.2 Å². The van der Waals surface area contributed by atoms with Crippen LogP contribution in [-0.2, 0) is 26.8 Å². The highest BCUT2D eigenvalue weighted by Gasteiger charge is 2.28. The van der Waals surface area contributed by atoms with E-state index in [9.17, 15) is 4.79 Å². The van der Waals surface area contributed by atoms with Crippen LogP contribution in [0.25, 0.3) is 0 Å². The van der Waals surface area contributed by atoms with E-state index in [4.69, 9.17) is 9.47 Å². The number of benzene rings is 1. The summed E-state index contributed by atoms with van der Waals surface area (Å²) in [5.74, 6) is 0.732. The van der Waals surface area contributed by atoms with Gasteiger partial charge < -0.3 is 9.47 Å². The normalized spacial score (nSPS) is 12.4. The maximum atomic E-state index is 11.7. The number of hydrogen-bond acceptors (Lipinski definition) is 3. The van der Waals surface area contributed by atoms with Gasteiger partial charge in [-0.1, -0.05) is 53.7 Å². The minimum atomic E-state index is -0.220. The van der Waals surface area contributed by atoms with E-state index in [0.29, 0.717) is 0 Å². The molecule has 1 rings (SSSR count). The van der Waals surface area contributed by atoms with Crippen molar-refractivity contribution in [2.75, 3.05) is 7.11 Å². The molecule has 0 fully saturated rings. The van der Waals surface area contributed by atoms with Gasteiger partial charge in [-0.25, -0.2) is 0 Å². The van der Waals surface area contributed by atoms with Crippen LogP contribution in [0.15, 0.2) is 12.1 Å². The van der Waals surface area contributed by atoms with E-state index in [1.165, 1.54) is 7.11 Å². The lowest BCUT2D eigenvalue weighted by Gasteiger charge is -2.31. The molecule has 0 spiro atoms. The lowest BCUT2D eigenvalue weighted by molar-refractivity contribution is -0.139. The predicted octanol–water partition coefficient (Wildman–Crippen LogP) is 4.78. The van der Waals surface area contributed by atoms with Crippen LogP contribution in [0.4, 0.5) is 0 Å². The number of carbonyl (C=O) groups is 1. The third kappa shape index (κ3) is 5.26. The van der Waals surface area contributed by atoms with Crippen molar-refractivity contribution in [3.8, 4) is 5.75 Å². The summed E-state index contributed by atoms with van der Waals surface area (Å²) in [4.78, 5) is 11.7. The molecule has 0 amide bonds. The Morgan fingerprint density at radius 2 is 1.43 bits per heavy atom. The van der Waals surface area contributed by atoms with Gasteiger partial charge in [0.25, 0.3) is 0 Å². The molecule has 0 bridgehead atoms. The van der Waals surface area contributed by atoms with Crippen molar-refractivity contribution in [3.63, 3.8) is 0 Å². The van der Waals surface area contributed by atoms with E-state index in [1.54, 1.807) is 0 Å². The molecule has 23 heavy (non-hydrogen) atoms. The number of carbonyl (C=O) groups excluding carboxylic acids is 1. The van der Waals surface area contributed by atoms with Crippen molar-refractivity contribution >= 4 is 5.97 Å². The summed E-state index contributed by atoms with van der Waals surface area (Å²) in [5, 5.41) is 0. The molecule has 1 aromatic carbocycles. The second-order valence-corrected chi connectivity index (χ2v) is 8.44. The van der Waals surface area contributed by atoms with Crippen molar-refractivity contribution in [2.24, 2.45) is 0 Å². The van der Waals surface area contributed by atoms with Crippen molar-refractivity contribution in [2.45, 2.75) is 78.7 Å². The molecule has 0 radical (unpaired) electrons. The monoisotopic (exact) mass is 320 g/mol. The molecular weight excluding hydrogens is 288 g/mol. The van der Waals surface area contributed by atoms with Crippen LogP contribution in [0.5, 0.6) is 5.75 Å². The fourth-order valence-electron chi connectivity index (χ4n) is 2.51. The quantitative estimate of drug-likeness (QED) is 0.749. The fraction of sp³-hybridized carbons (Fsp3) is 0.650. The van der Waals surface area contributed by atoms with E-state index >= 15 is 0 Å². The zero-order valence-corrected chi connectivity index (χ0v) is 16.2. The first-order chi connectivity index (χ1) is 10.4. The Labute approximate surface area is 141 Å². The average Bonchev–Trinajstić information content (AvgIpc) is 2.36. The Balaban J connectivity index is 3.61. The van der Waals surface area contributed by atoms with Gasteiger partial charge in [0.05, 0.1) is 19.6 Å². The van der Waals surface area contributed by atoms with Gasteiger partial charge in [-0.15, -0.1) is 0 Å². The summed E-state index contributed by atoms with van der Waals surface area (Å²) in [6, 6.07) is 4.17. The smallest absolute Gasteiger partial charge is 0.309 e. The highest BCUT2D eigenvalue weighted by atomic mass is 16.5. The number of ether oxygens (including phenoxy) is 2. The molecule has 0 aliphatic rings. The summed E-state index contributed by atoms with van der Waals surface area (Å²) >= 11 is 0. The van der Waals surface area contributed by atoms with Crippen LogP contribution < -0.4 is 4.74 Å². The van der Waals surface area contributed by atoms with E-state index in [0.717, 1.165) is 22.4 Å². The molecule has 0 aliphatic carbocycles. The molecule has 130 valence electrons. The van der Waals surface area contributed by atoms with Crippen LogP contribution >= 0.6 is 0 Å². The summed E-state index contributed by atoms with van der Waals surface area (Å²) < 4.78 is 11.0. The van der Waals surface area contributed by atoms with Gasteiger partial charge in [-0.2, -0.15) is 0 Å². The molecule has 3 nitrogen and oxygen atoms in total. The summed E-state index contributed by atoms with van der Waals surface area (Å²) in [5.41, 5.74) is 3.10. The zero-order valence-electron chi connectivity index (χ0n) is 16.2. The maximum absolute atomic E-state index is 11.7. The van der Waals surface area contributed by atoms with Crippen LogP contribution in [-0.4, -0.2) is 19.2 Å². The summed E-state index contributed by atoms with van der Waals surface area (Å²) in [7, 11) is 1.42. The Bertz CT molecular complexity index is 522. The lowest BCUT2D eigenvalue weighted by atomic mass is 9.78. The molecule has 0 saturated carbocycles. The van der Waals surface area contributed by atoms with E-state index < -0.39 is 0 Å². The highest BCUT2D eigenvalue weighted by Crippen LogP contribution is 2.41. The zero-order chi connectivity index (χ0) is 18.0. The number of rotatable bonds is 4. The molecule has 1 aromatic rings. The fourth-order valence-corrected chi connectivity index (χ4v) is 2.51. The molecule has 0 unspecified atom stereocenters. The third-order valence-corrected chi connectivity index (χ3v) is 3.69. The van der Waals surface area contributed by atoms with Crippen molar-refractivity contribution in [1.29, 1.82) is 0 Å². The molecule has 0 N–H and O–H groups in total. The van der Waals surface area contributed by atoms with Crippen LogP contribution in [0.3, 0.4) is 0 Å². The van der Waals surface area contributed by atoms with E-state index in [1.807, 2.05) is 13.8 Å². The second-order valence-electron chi connectivity index (χ2n) is 8.44. The number of hydrogen-bond donors (Lipinski definition) is 0. The first-order valence-electron chi connectivity index (χ1n) is 8.27. The van der Waals surface area contributed by atoms with Crippen LogP contribution in [0.1, 0.15) is 72.1 Å². The minimum Gasteiger partial charge on any atom is -0.490 e. The maximum Gasteiger partial charge on any atom is 0.309 e. The van der Waals surface area contributed by atoms with Gasteiger partial charge in [0.2, 0.25) is 0 Å². The number of esters is 1. The first-order valence-corrected chi connectivity index (χ1v) is 8.27. The topological polar surface area (TPSA) is 35.5 Å². The second kappa shape index (κ2) is 6.94. The molecule has 3 heteroatoms. The molecular formula is C20H32O3. The van der Waals surface area contributed by atoms with Crippen molar-refractivity contribution in [3.05, 3.63) is 28.8 Å². The molecule has 0 aromatic heterocycles. The average molecular weight is 320 g/mol. The lowest BCUT2D eigenvalue weighted by Crippen LogP contribution is -2.22. The summed E-state index contributed by atoms with van der Waals surface area (Å²) in [6.07, 6.45) is 0.383. The van der Waals surface area contributed by atoms with Crippen molar-refractivity contribution < 1.29 is 14.3 Å². The summed E-state index contributed by atoms with van der Waals surface area (Å²) in [6.45, 7) is 17.1. The standard InChI is InChI=1S/C20H32O3/c1-13(2)23-18-15(19(3,4)5)10-14(12-17(21)22-9)11-16(18)20(6,7)8/h10-11,13H,12H2,1-9H3. The number of methoxy groups -OCH3 is 1. The van der Waals surface area contributed by atoms with Crippen LogP contribution in [0, 0.1) is 0 Å². The van der Waals surface area contributed by atoms with E-state index in [2.05, 4.69) is 53.7 Å². The highest BCUT2D eigenvalue weighted by molar-refractivity contribution is 5.73. The Morgan fingerprint density at radius 3 is 1.74 bits per heavy atom. The van der Waals surface area contributed by atoms with Gasteiger partial charge in [0, 0.05) is 11.1 Å². The van der Waals surface area contributed by atoms with Gasteiger partial charge >= 0.3 is 5.97 Å². The molecule has 0 atom stereocenters. The molecule has 0 aliphatic heterocycles. The minimum absolute atomic E-state index is 0.0731. The van der Waals surface area contributed by atoms with Gasteiger partial charge in [0.15, 0.2) is 0 Å². The third-order valence-electron chi connectivity index (χ3n) is 3.69. The van der Waals surface area contributed by atoms with Crippen molar-refractivity contribution in [1.82, 2.24) is 0 Å². The predicted molar refractivity (Wildman–Crippen MR) is 95.3 cm³/mol. The largest absolute Gasteiger partial charge is 0.490 e. The van der Waals surface area contributed by atoms with Gasteiger partial charge in [-0.3, -0.25) is 4.79 Å². The molecule has 0 saturated heterocycles. The first kappa shape index (κ1) is 19.5. The Morgan fingerprint density at radius 1 is 1.00 bits per heavy atom. The SMILES string of the molecule is COC(=O)Cc1cc(C(C)(C)C)c(OC(C)C)c(C(C)(C)C)c1. The van der Waals surface area contributed by atoms with Crippen LogP contribution in [0.2, 0.25) is 0 Å².